The van der Waals surface area contributed by atoms with Crippen LogP contribution in [0, 0.1) is 38.9 Å². The minimum atomic E-state index is -1.34. The molecule has 0 aliphatic rings. The molecule has 0 spiro atoms. The number of nitro benzene ring substituents is 1. The summed E-state index contributed by atoms with van der Waals surface area (Å²) in [5.74, 6) is -4.95. The van der Waals surface area contributed by atoms with Crippen LogP contribution in [0.25, 0.3) is 0 Å². The maximum atomic E-state index is 13.6. The first-order valence-corrected chi connectivity index (χ1v) is 5.44. The molecule has 0 saturated heterocycles. The Morgan fingerprint density at radius 1 is 1.14 bits per heavy atom. The van der Waals surface area contributed by atoms with Crippen LogP contribution in [0.15, 0.2) is 30.3 Å². The van der Waals surface area contributed by atoms with Crippen molar-refractivity contribution < 1.29 is 22.8 Å². The largest absolute Gasteiger partial charge is 0.450 e. The summed E-state index contributed by atoms with van der Waals surface area (Å²) in [6, 6.07) is 5.73. The van der Waals surface area contributed by atoms with Gasteiger partial charge < -0.3 is 4.74 Å². The third-order valence-corrected chi connectivity index (χ3v) is 2.49. The summed E-state index contributed by atoms with van der Waals surface area (Å²) in [6.07, 6.45) is 0. The number of rotatable bonds is 3. The number of hydrogen-bond donors (Lipinski definition) is 0. The molecule has 2 rings (SSSR count). The zero-order valence-corrected chi connectivity index (χ0v) is 10.1. The van der Waals surface area contributed by atoms with Crippen LogP contribution < -0.4 is 4.74 Å². The van der Waals surface area contributed by atoms with E-state index in [1.807, 2.05) is 0 Å². The van der Waals surface area contributed by atoms with E-state index in [1.165, 1.54) is 12.1 Å². The molecule has 5 nitrogen and oxygen atoms in total. The van der Waals surface area contributed by atoms with Crippen molar-refractivity contribution in [3.05, 3.63) is 63.5 Å². The van der Waals surface area contributed by atoms with Gasteiger partial charge in [-0.3, -0.25) is 10.1 Å². The van der Waals surface area contributed by atoms with E-state index in [0.717, 1.165) is 12.1 Å². The lowest BCUT2D eigenvalue weighted by Gasteiger charge is -2.09. The van der Waals surface area contributed by atoms with E-state index in [4.69, 9.17) is 10.00 Å². The van der Waals surface area contributed by atoms with Crippen molar-refractivity contribution in [3.8, 4) is 17.6 Å². The Balaban J connectivity index is 2.49. The quantitative estimate of drug-likeness (QED) is 0.639. The Labute approximate surface area is 116 Å². The number of non-ortho nitro benzene ring substituents is 1. The van der Waals surface area contributed by atoms with Gasteiger partial charge >= 0.3 is 0 Å². The summed E-state index contributed by atoms with van der Waals surface area (Å²) in [7, 11) is 0. The van der Waals surface area contributed by atoms with E-state index in [9.17, 15) is 23.3 Å². The van der Waals surface area contributed by atoms with Gasteiger partial charge in [0.2, 0.25) is 0 Å². The molecule has 0 aliphatic carbocycles. The minimum Gasteiger partial charge on any atom is -0.450 e. The fourth-order valence-corrected chi connectivity index (χ4v) is 1.56. The molecule has 0 heterocycles. The standard InChI is InChI=1S/C13H5F3N2O3/c14-9-2-1-3-12(8(9)6-17)21-13-10(15)4-7(18(19)20)5-11(13)16/h1-5H. The predicted octanol–water partition coefficient (Wildman–Crippen LogP) is 3.68. The van der Waals surface area contributed by atoms with Crippen LogP contribution in [0.3, 0.4) is 0 Å². The van der Waals surface area contributed by atoms with Crippen molar-refractivity contribution in [3.63, 3.8) is 0 Å². The first-order valence-electron chi connectivity index (χ1n) is 5.44. The highest BCUT2D eigenvalue weighted by atomic mass is 19.1. The molecule has 0 unspecified atom stereocenters. The van der Waals surface area contributed by atoms with Gasteiger partial charge in [0, 0.05) is 0 Å². The van der Waals surface area contributed by atoms with Gasteiger partial charge in [-0.2, -0.15) is 5.26 Å². The van der Waals surface area contributed by atoms with Gasteiger partial charge in [-0.1, -0.05) is 6.07 Å². The molecule has 0 N–H and O–H groups in total. The molecule has 2 aromatic carbocycles. The van der Waals surface area contributed by atoms with Crippen LogP contribution in [0.4, 0.5) is 18.9 Å². The first-order chi connectivity index (χ1) is 9.93. The van der Waals surface area contributed by atoms with E-state index >= 15 is 0 Å². The molecule has 0 amide bonds. The van der Waals surface area contributed by atoms with Gasteiger partial charge in [0.05, 0.1) is 17.1 Å². The van der Waals surface area contributed by atoms with Crippen molar-refractivity contribution in [2.45, 2.75) is 0 Å². The summed E-state index contributed by atoms with van der Waals surface area (Å²) in [5.41, 5.74) is -1.33. The van der Waals surface area contributed by atoms with Gasteiger partial charge in [0.15, 0.2) is 17.4 Å². The predicted molar refractivity (Wildman–Crippen MR) is 64.2 cm³/mol. The summed E-state index contributed by atoms with van der Waals surface area (Å²) in [5, 5.41) is 19.2. The molecule has 8 heteroatoms. The summed E-state index contributed by atoms with van der Waals surface area (Å²) >= 11 is 0. The first kappa shape index (κ1) is 14.3. The zero-order chi connectivity index (χ0) is 15.6. The van der Waals surface area contributed by atoms with E-state index in [-0.39, 0.29) is 0 Å². The van der Waals surface area contributed by atoms with Gasteiger partial charge in [0.1, 0.15) is 23.2 Å². The number of halogens is 3. The highest BCUT2D eigenvalue weighted by Crippen LogP contribution is 2.32. The third kappa shape index (κ3) is 2.76. The van der Waals surface area contributed by atoms with Gasteiger partial charge in [-0.15, -0.1) is 0 Å². The lowest BCUT2D eigenvalue weighted by atomic mass is 10.2. The van der Waals surface area contributed by atoms with Crippen molar-refractivity contribution >= 4 is 5.69 Å². The Kier molecular flexibility index (Phi) is 3.75. The van der Waals surface area contributed by atoms with E-state index in [2.05, 4.69) is 0 Å². The van der Waals surface area contributed by atoms with Crippen LogP contribution >= 0.6 is 0 Å². The monoisotopic (exact) mass is 294 g/mol. The number of nitro groups is 1. The Morgan fingerprint density at radius 2 is 1.76 bits per heavy atom. The molecule has 0 atom stereocenters. The lowest BCUT2D eigenvalue weighted by Crippen LogP contribution is -1.98. The zero-order valence-electron chi connectivity index (χ0n) is 10.1. The van der Waals surface area contributed by atoms with Crippen molar-refractivity contribution in [2.75, 3.05) is 0 Å². The van der Waals surface area contributed by atoms with Crippen LogP contribution in [0.1, 0.15) is 5.56 Å². The Hall–Kier alpha value is -3.08. The molecule has 106 valence electrons. The molecular formula is C13H5F3N2O3. The molecule has 2 aromatic rings. The molecular weight excluding hydrogens is 289 g/mol. The number of nitrogens with zero attached hydrogens (tertiary/aromatic N) is 2. The number of ether oxygens (including phenoxy) is 1. The maximum Gasteiger partial charge on any atom is 0.275 e. The minimum absolute atomic E-state index is 0.399. The normalized spacial score (nSPS) is 10.0. The number of nitriles is 1. The Bertz CT molecular complexity index is 749. The lowest BCUT2D eigenvalue weighted by molar-refractivity contribution is -0.385. The SMILES string of the molecule is N#Cc1c(F)cccc1Oc1c(F)cc([N+](=O)[O-])cc1F. The van der Waals surface area contributed by atoms with Gasteiger partial charge in [-0.25, -0.2) is 13.2 Å². The summed E-state index contributed by atoms with van der Waals surface area (Å²) < 4.78 is 45.5. The molecule has 0 aromatic heterocycles. The smallest absolute Gasteiger partial charge is 0.275 e. The molecule has 0 fully saturated rings. The highest BCUT2D eigenvalue weighted by molar-refractivity contribution is 5.48. The second-order valence-corrected chi connectivity index (χ2v) is 3.82. The van der Waals surface area contributed by atoms with Crippen molar-refractivity contribution in [2.24, 2.45) is 0 Å². The van der Waals surface area contributed by atoms with Gasteiger partial charge in [-0.05, 0) is 12.1 Å². The van der Waals surface area contributed by atoms with Crippen LogP contribution in [0.2, 0.25) is 0 Å². The molecule has 21 heavy (non-hydrogen) atoms. The molecule has 0 aliphatic heterocycles. The van der Waals surface area contributed by atoms with Gasteiger partial charge in [0.25, 0.3) is 5.69 Å². The van der Waals surface area contributed by atoms with Crippen LogP contribution in [-0.2, 0) is 0 Å². The molecule has 0 bridgehead atoms. The Morgan fingerprint density at radius 3 is 2.29 bits per heavy atom. The second kappa shape index (κ2) is 5.50. The average Bonchev–Trinajstić information content (AvgIpc) is 2.42. The van der Waals surface area contributed by atoms with E-state index in [0.29, 0.717) is 12.1 Å². The third-order valence-electron chi connectivity index (χ3n) is 2.49. The van der Waals surface area contributed by atoms with E-state index in [1.54, 1.807) is 0 Å². The number of hydrogen-bond acceptors (Lipinski definition) is 4. The van der Waals surface area contributed by atoms with Crippen molar-refractivity contribution in [1.82, 2.24) is 0 Å². The van der Waals surface area contributed by atoms with E-state index < -0.39 is 45.1 Å². The summed E-state index contributed by atoms with van der Waals surface area (Å²) in [4.78, 5) is 9.49. The summed E-state index contributed by atoms with van der Waals surface area (Å²) in [6.45, 7) is 0. The van der Waals surface area contributed by atoms with Crippen LogP contribution in [0.5, 0.6) is 11.5 Å². The fraction of sp³-hybridized carbons (Fsp3) is 0. The molecule has 0 saturated carbocycles. The highest BCUT2D eigenvalue weighted by Gasteiger charge is 2.20. The molecule has 0 radical (unpaired) electrons. The topological polar surface area (TPSA) is 76.2 Å². The number of benzene rings is 2. The fourth-order valence-electron chi connectivity index (χ4n) is 1.56. The van der Waals surface area contributed by atoms with Crippen LogP contribution in [-0.4, -0.2) is 4.92 Å². The average molecular weight is 294 g/mol. The maximum absolute atomic E-state index is 13.6. The van der Waals surface area contributed by atoms with Crippen molar-refractivity contribution in [1.29, 1.82) is 5.26 Å². The second-order valence-electron chi connectivity index (χ2n) is 3.82.